The number of carbonyl (C=O) groups excluding carboxylic acids is 2. The molecule has 12 heteroatoms. The van der Waals surface area contributed by atoms with Crippen molar-refractivity contribution in [3.63, 3.8) is 0 Å². The first-order valence-electron chi connectivity index (χ1n) is 11.1. The molecule has 1 aromatic carbocycles. The van der Waals surface area contributed by atoms with Gasteiger partial charge in [0.05, 0.1) is 27.0 Å². The molecule has 8 nitrogen and oxygen atoms in total. The zero-order valence-corrected chi connectivity index (χ0v) is 21.4. The highest BCUT2D eigenvalue weighted by atomic mass is 35.5. The molecule has 1 N–H and O–H groups in total. The smallest absolute Gasteiger partial charge is 0.412 e. The minimum atomic E-state index is -0.800. The van der Waals surface area contributed by atoms with Crippen molar-refractivity contribution in [2.45, 2.75) is 18.8 Å². The second kappa shape index (κ2) is 11.8. The number of halogens is 3. The molecule has 1 aliphatic heterocycles. The van der Waals surface area contributed by atoms with E-state index in [9.17, 15) is 9.59 Å². The van der Waals surface area contributed by atoms with Crippen molar-refractivity contribution in [1.82, 2.24) is 19.9 Å². The van der Waals surface area contributed by atoms with E-state index in [-0.39, 0.29) is 40.8 Å². The van der Waals surface area contributed by atoms with E-state index in [2.05, 4.69) is 21.9 Å². The molecule has 4 rings (SSSR count). The van der Waals surface area contributed by atoms with Crippen LogP contribution >= 0.6 is 34.5 Å². The van der Waals surface area contributed by atoms with Crippen molar-refractivity contribution in [3.8, 4) is 21.8 Å². The van der Waals surface area contributed by atoms with Crippen LogP contribution in [0.25, 0.3) is 21.8 Å². The number of thiazole rings is 1. The fraction of sp³-hybridized carbons (Fsp3) is 0.292. The maximum absolute atomic E-state index is 15.6. The Labute approximate surface area is 221 Å². The zero-order valence-electron chi connectivity index (χ0n) is 19.0. The Hall–Kier alpha value is -3.08. The lowest BCUT2D eigenvalue weighted by Gasteiger charge is -2.30. The van der Waals surface area contributed by atoms with Gasteiger partial charge in [0.1, 0.15) is 12.5 Å². The Balaban J connectivity index is 1.70. The number of nitrogens with zero attached hydrogens (tertiary/aromatic N) is 4. The molecule has 3 heterocycles. The van der Waals surface area contributed by atoms with Gasteiger partial charge < -0.3 is 9.64 Å². The monoisotopic (exact) mass is 549 g/mol. The Morgan fingerprint density at radius 2 is 2.06 bits per heavy atom. The van der Waals surface area contributed by atoms with Crippen LogP contribution in [0.3, 0.4) is 0 Å². The van der Waals surface area contributed by atoms with Crippen molar-refractivity contribution in [1.29, 1.82) is 0 Å². The maximum Gasteiger partial charge on any atom is 0.412 e. The molecule has 36 heavy (non-hydrogen) atoms. The number of rotatable bonds is 7. The number of carbonyl (C=O) groups is 2. The number of alkyl halides is 1. The molecule has 1 aliphatic rings. The Morgan fingerprint density at radius 1 is 1.28 bits per heavy atom. The van der Waals surface area contributed by atoms with E-state index in [4.69, 9.17) is 32.9 Å². The molecule has 2 aromatic heterocycles. The molecule has 0 saturated carbocycles. The molecule has 1 saturated heterocycles. The first-order chi connectivity index (χ1) is 17.4. The average molecular weight is 550 g/mol. The van der Waals surface area contributed by atoms with Gasteiger partial charge in [-0.2, -0.15) is 0 Å². The summed E-state index contributed by atoms with van der Waals surface area (Å²) in [5.41, 5.74) is 1.03. The highest BCUT2D eigenvalue weighted by Gasteiger charge is 2.28. The van der Waals surface area contributed by atoms with E-state index < -0.39 is 11.9 Å². The number of ether oxygens (including phenoxy) is 1. The van der Waals surface area contributed by atoms with Crippen LogP contribution in [0.4, 0.5) is 14.9 Å². The molecule has 0 radical (unpaired) electrons. The summed E-state index contributed by atoms with van der Waals surface area (Å²) in [5, 5.41) is 3.27. The van der Waals surface area contributed by atoms with Gasteiger partial charge in [-0.1, -0.05) is 18.7 Å². The molecule has 3 aromatic rings. The summed E-state index contributed by atoms with van der Waals surface area (Å²) in [7, 11) is 0. The van der Waals surface area contributed by atoms with Crippen molar-refractivity contribution in [3.05, 3.63) is 59.2 Å². The van der Waals surface area contributed by atoms with Gasteiger partial charge in [0, 0.05) is 30.8 Å². The molecule has 0 spiro atoms. The minimum Gasteiger partial charge on any atom is -0.445 e. The van der Waals surface area contributed by atoms with Gasteiger partial charge in [-0.05, 0) is 42.6 Å². The van der Waals surface area contributed by atoms with Gasteiger partial charge >= 0.3 is 6.09 Å². The second-order valence-electron chi connectivity index (χ2n) is 7.91. The van der Waals surface area contributed by atoms with E-state index >= 15 is 4.39 Å². The van der Waals surface area contributed by atoms with Crippen LogP contribution in [0, 0.1) is 5.82 Å². The van der Waals surface area contributed by atoms with Gasteiger partial charge in [0.15, 0.2) is 5.82 Å². The molecule has 188 valence electrons. The molecule has 0 bridgehead atoms. The standard InChI is InChI=1S/C24H22Cl2FN5O3S/c1-2-12-35-24(34)30-16-5-3-4-15(19(16)27)20-21(17-6-9-28-23(26)29-17)36-22(31-20)14-7-10-32(11-8-14)18(33)13-25/h2-6,9,14H,1,7-8,10-13H2,(H,30,34). The lowest BCUT2D eigenvalue weighted by molar-refractivity contribution is -0.129. The summed E-state index contributed by atoms with van der Waals surface area (Å²) < 4.78 is 20.5. The van der Waals surface area contributed by atoms with Crippen LogP contribution in [0.1, 0.15) is 23.8 Å². The highest BCUT2D eigenvalue weighted by Crippen LogP contribution is 2.42. The second-order valence-corrected chi connectivity index (χ2v) is 9.54. The van der Waals surface area contributed by atoms with Crippen molar-refractivity contribution in [2.24, 2.45) is 0 Å². The Morgan fingerprint density at radius 3 is 2.75 bits per heavy atom. The molecule has 1 fully saturated rings. The predicted molar refractivity (Wildman–Crippen MR) is 138 cm³/mol. The lowest BCUT2D eigenvalue weighted by atomic mass is 9.97. The summed E-state index contributed by atoms with van der Waals surface area (Å²) in [6, 6.07) is 6.32. The van der Waals surface area contributed by atoms with Crippen LogP contribution in [0.2, 0.25) is 5.28 Å². The van der Waals surface area contributed by atoms with Crippen molar-refractivity contribution >= 4 is 52.2 Å². The number of amides is 2. The quantitative estimate of drug-likeness (QED) is 0.229. The number of anilines is 1. The van der Waals surface area contributed by atoms with Crippen LogP contribution in [-0.4, -0.2) is 57.4 Å². The number of nitrogens with one attached hydrogen (secondary N) is 1. The molecular weight excluding hydrogens is 528 g/mol. The van der Waals surface area contributed by atoms with Gasteiger partial charge in [-0.25, -0.2) is 24.1 Å². The number of piperidine rings is 1. The third-order valence-corrected chi connectivity index (χ3v) is 7.29. The van der Waals surface area contributed by atoms with Crippen molar-refractivity contribution in [2.75, 3.05) is 30.9 Å². The molecule has 0 unspecified atom stereocenters. The van der Waals surface area contributed by atoms with Crippen LogP contribution in [0.5, 0.6) is 0 Å². The van der Waals surface area contributed by atoms with Gasteiger partial charge in [0.2, 0.25) is 11.2 Å². The Kier molecular flexibility index (Phi) is 8.50. The summed E-state index contributed by atoms with van der Waals surface area (Å²) in [5.74, 6) is -0.717. The van der Waals surface area contributed by atoms with E-state index in [1.165, 1.54) is 29.7 Å². The largest absolute Gasteiger partial charge is 0.445 e. The third kappa shape index (κ3) is 5.83. The minimum absolute atomic E-state index is 0.00346. The molecule has 0 aliphatic carbocycles. The fourth-order valence-corrected chi connectivity index (χ4v) is 5.42. The van der Waals surface area contributed by atoms with Gasteiger partial charge in [-0.3, -0.25) is 10.1 Å². The number of aromatic nitrogens is 3. The number of likely N-dealkylation sites (tertiary alicyclic amines) is 1. The number of benzene rings is 1. The molecule has 0 atom stereocenters. The topological polar surface area (TPSA) is 97.3 Å². The first-order valence-corrected chi connectivity index (χ1v) is 12.8. The zero-order chi connectivity index (χ0) is 25.7. The molecule has 2 amide bonds. The van der Waals surface area contributed by atoms with Crippen LogP contribution < -0.4 is 5.32 Å². The summed E-state index contributed by atoms with van der Waals surface area (Å²) in [6.45, 7) is 4.62. The molecular formula is C24H22Cl2FN5O3S. The van der Waals surface area contributed by atoms with Crippen LogP contribution in [0.15, 0.2) is 43.1 Å². The van der Waals surface area contributed by atoms with Crippen molar-refractivity contribution < 1.29 is 18.7 Å². The number of hydrogen-bond acceptors (Lipinski definition) is 7. The fourth-order valence-electron chi connectivity index (χ4n) is 3.88. The lowest BCUT2D eigenvalue weighted by Crippen LogP contribution is -2.38. The van der Waals surface area contributed by atoms with E-state index in [0.717, 1.165) is 5.01 Å². The summed E-state index contributed by atoms with van der Waals surface area (Å²) >= 11 is 13.1. The Bertz CT molecular complexity index is 1280. The normalized spacial score (nSPS) is 13.9. The van der Waals surface area contributed by atoms with E-state index in [0.29, 0.717) is 42.2 Å². The van der Waals surface area contributed by atoms with Gasteiger partial charge in [0.25, 0.3) is 0 Å². The van der Waals surface area contributed by atoms with E-state index in [1.54, 1.807) is 23.1 Å². The predicted octanol–water partition coefficient (Wildman–Crippen LogP) is 5.74. The van der Waals surface area contributed by atoms with E-state index in [1.807, 2.05) is 0 Å². The first kappa shape index (κ1) is 26.0. The van der Waals surface area contributed by atoms with Gasteiger partial charge in [-0.15, -0.1) is 22.9 Å². The summed E-state index contributed by atoms with van der Waals surface area (Å²) in [4.78, 5) is 39.3. The highest BCUT2D eigenvalue weighted by molar-refractivity contribution is 7.15. The summed E-state index contributed by atoms with van der Waals surface area (Å²) in [6.07, 6.45) is 3.55. The average Bonchev–Trinajstić information content (AvgIpc) is 3.33. The maximum atomic E-state index is 15.6. The number of hydrogen-bond donors (Lipinski definition) is 1. The van der Waals surface area contributed by atoms with Crippen LogP contribution in [-0.2, 0) is 9.53 Å². The SMILES string of the molecule is C=CCOC(=O)Nc1cccc(-c2nc(C3CCN(C(=O)CCl)CC3)sc2-c2ccnc(Cl)n2)c1F. The third-order valence-electron chi connectivity index (χ3n) is 5.64.